The Kier molecular flexibility index (Phi) is 6.30. The Morgan fingerprint density at radius 2 is 1.24 bits per heavy atom. The van der Waals surface area contributed by atoms with Gasteiger partial charge in [-0.05, 0) is 39.9 Å². The third-order valence-corrected chi connectivity index (χ3v) is 5.80. The molecule has 0 spiro atoms. The summed E-state index contributed by atoms with van der Waals surface area (Å²) >= 11 is 0. The predicted octanol–water partition coefficient (Wildman–Crippen LogP) is 6.82. The molecule has 1 atom stereocenters. The molecule has 0 bridgehead atoms. The first kappa shape index (κ1) is 21.4. The van der Waals surface area contributed by atoms with Crippen molar-refractivity contribution in [1.82, 2.24) is 9.55 Å². The van der Waals surface area contributed by atoms with Crippen LogP contribution in [0.25, 0.3) is 22.3 Å². The number of imidazole rings is 1. The summed E-state index contributed by atoms with van der Waals surface area (Å²) in [4.78, 5) is 17.2. The Hall–Kier alpha value is -4.44. The lowest BCUT2D eigenvalue weighted by Crippen LogP contribution is -2.16. The lowest BCUT2D eigenvalue weighted by Gasteiger charge is -2.19. The second-order valence-corrected chi connectivity index (χ2v) is 8.08. The van der Waals surface area contributed by atoms with Gasteiger partial charge in [-0.3, -0.25) is 0 Å². The van der Waals surface area contributed by atoms with Crippen LogP contribution in [0.1, 0.15) is 22.0 Å². The second-order valence-electron chi connectivity index (χ2n) is 8.08. The van der Waals surface area contributed by atoms with E-state index in [1.807, 2.05) is 95.7 Å². The number of hydrogen-bond acceptors (Lipinski definition) is 3. The Balaban J connectivity index is 1.36. The summed E-state index contributed by atoms with van der Waals surface area (Å²) in [6.45, 7) is 0.485. The van der Waals surface area contributed by atoms with E-state index in [0.717, 1.165) is 27.8 Å². The van der Waals surface area contributed by atoms with E-state index in [2.05, 4.69) is 29.2 Å². The van der Waals surface area contributed by atoms with Gasteiger partial charge in [-0.25, -0.2) is 9.78 Å². The molecule has 1 aromatic heterocycles. The van der Waals surface area contributed by atoms with Crippen LogP contribution in [-0.4, -0.2) is 15.5 Å². The smallest absolute Gasteiger partial charge is 0.338 e. The first-order chi connectivity index (χ1) is 16.8. The van der Waals surface area contributed by atoms with Crippen LogP contribution < -0.4 is 0 Å². The van der Waals surface area contributed by atoms with Gasteiger partial charge < -0.3 is 9.30 Å². The molecule has 1 heterocycles. The molecule has 5 rings (SSSR count). The number of ether oxygens (including phenoxy) is 1. The average Bonchev–Trinajstić information content (AvgIpc) is 3.43. The van der Waals surface area contributed by atoms with Crippen molar-refractivity contribution in [1.29, 1.82) is 0 Å². The highest BCUT2D eigenvalue weighted by Gasteiger charge is 2.19. The third kappa shape index (κ3) is 4.97. The molecule has 4 heteroatoms. The van der Waals surface area contributed by atoms with Crippen LogP contribution in [0.5, 0.6) is 0 Å². The summed E-state index contributed by atoms with van der Waals surface area (Å²) in [6, 6.07) is 36.0. The molecule has 1 unspecified atom stereocenters. The molecule has 0 saturated carbocycles. The maximum absolute atomic E-state index is 13.0. The van der Waals surface area contributed by atoms with E-state index >= 15 is 0 Å². The highest BCUT2D eigenvalue weighted by molar-refractivity contribution is 5.90. The Bertz CT molecular complexity index is 1330. The minimum absolute atomic E-state index is 0.350. The number of carbonyl (C=O) groups is 1. The summed E-state index contributed by atoms with van der Waals surface area (Å²) in [7, 11) is 0. The van der Waals surface area contributed by atoms with Crippen molar-refractivity contribution in [3.8, 4) is 22.3 Å². The molecule has 4 aromatic carbocycles. The molecule has 0 amide bonds. The van der Waals surface area contributed by atoms with Crippen LogP contribution in [0.15, 0.2) is 128 Å². The molecule has 34 heavy (non-hydrogen) atoms. The molecule has 166 valence electrons. The number of benzene rings is 4. The van der Waals surface area contributed by atoms with Crippen LogP contribution >= 0.6 is 0 Å². The molecule has 0 aliphatic carbocycles. The number of rotatable bonds is 7. The summed E-state index contributed by atoms with van der Waals surface area (Å²) in [5, 5.41) is 0. The number of nitrogens with zero attached hydrogens (tertiary/aromatic N) is 2. The Labute approximate surface area is 199 Å². The maximum Gasteiger partial charge on any atom is 0.338 e. The summed E-state index contributed by atoms with van der Waals surface area (Å²) < 4.78 is 7.92. The zero-order chi connectivity index (χ0) is 23.2. The van der Waals surface area contributed by atoms with Crippen molar-refractivity contribution in [2.75, 3.05) is 0 Å². The highest BCUT2D eigenvalue weighted by Crippen LogP contribution is 2.26. The summed E-state index contributed by atoms with van der Waals surface area (Å²) in [5.74, 6) is -0.350. The zero-order valence-corrected chi connectivity index (χ0v) is 18.6. The largest absolute Gasteiger partial charge is 0.452 e. The fourth-order valence-corrected chi connectivity index (χ4v) is 3.94. The van der Waals surface area contributed by atoms with Crippen molar-refractivity contribution >= 4 is 5.97 Å². The van der Waals surface area contributed by atoms with Gasteiger partial charge >= 0.3 is 5.97 Å². The lowest BCUT2D eigenvalue weighted by molar-refractivity contribution is 0.0255. The maximum atomic E-state index is 13.0. The number of aromatic nitrogens is 2. The van der Waals surface area contributed by atoms with E-state index in [9.17, 15) is 4.79 Å². The molecule has 5 aromatic rings. The van der Waals surface area contributed by atoms with Crippen molar-refractivity contribution in [3.05, 3.63) is 139 Å². The van der Waals surface area contributed by atoms with Crippen LogP contribution in [0.2, 0.25) is 0 Å². The third-order valence-electron chi connectivity index (χ3n) is 5.80. The molecule has 4 nitrogen and oxygen atoms in total. The molecule has 0 N–H and O–H groups in total. The van der Waals surface area contributed by atoms with Crippen LogP contribution in [0.4, 0.5) is 0 Å². The SMILES string of the molecule is O=C(OC(Cn1ccnc1)c1ccc(-c2ccccc2)cc1)c1ccc(-c2ccccc2)cc1. The summed E-state index contributed by atoms with van der Waals surface area (Å²) in [6.07, 6.45) is 4.88. The number of carbonyl (C=O) groups excluding carboxylic acids is 1. The lowest BCUT2D eigenvalue weighted by atomic mass is 10.0. The van der Waals surface area contributed by atoms with Gasteiger partial charge in [0.1, 0.15) is 6.10 Å². The van der Waals surface area contributed by atoms with Crippen molar-refractivity contribution < 1.29 is 9.53 Å². The monoisotopic (exact) mass is 444 g/mol. The van der Waals surface area contributed by atoms with Gasteiger partial charge in [-0.2, -0.15) is 0 Å². The van der Waals surface area contributed by atoms with Crippen molar-refractivity contribution in [2.45, 2.75) is 12.6 Å². The normalized spacial score (nSPS) is 11.6. The quantitative estimate of drug-likeness (QED) is 0.259. The minimum Gasteiger partial charge on any atom is -0.452 e. The predicted molar refractivity (Wildman–Crippen MR) is 134 cm³/mol. The Morgan fingerprint density at radius 1 is 0.706 bits per heavy atom. The van der Waals surface area contributed by atoms with Crippen LogP contribution in [-0.2, 0) is 11.3 Å². The van der Waals surface area contributed by atoms with Gasteiger partial charge in [0.05, 0.1) is 18.4 Å². The van der Waals surface area contributed by atoms with Crippen molar-refractivity contribution in [3.63, 3.8) is 0 Å². The molecule has 0 fully saturated rings. The van der Waals surface area contributed by atoms with E-state index in [4.69, 9.17) is 4.74 Å². The molecular weight excluding hydrogens is 420 g/mol. The molecule has 0 radical (unpaired) electrons. The first-order valence-corrected chi connectivity index (χ1v) is 11.2. The van der Waals surface area contributed by atoms with Gasteiger partial charge in [-0.1, -0.05) is 97.1 Å². The van der Waals surface area contributed by atoms with Crippen LogP contribution in [0.3, 0.4) is 0 Å². The van der Waals surface area contributed by atoms with Gasteiger partial charge in [-0.15, -0.1) is 0 Å². The molecule has 0 aliphatic rings. The van der Waals surface area contributed by atoms with E-state index in [1.54, 1.807) is 12.5 Å². The van der Waals surface area contributed by atoms with E-state index in [0.29, 0.717) is 12.1 Å². The second kappa shape index (κ2) is 10.0. The van der Waals surface area contributed by atoms with E-state index < -0.39 is 6.10 Å². The summed E-state index contributed by atoms with van der Waals surface area (Å²) in [5.41, 5.74) is 5.89. The highest BCUT2D eigenvalue weighted by atomic mass is 16.5. The Morgan fingerprint density at radius 3 is 1.76 bits per heavy atom. The zero-order valence-electron chi connectivity index (χ0n) is 18.6. The first-order valence-electron chi connectivity index (χ1n) is 11.2. The van der Waals surface area contributed by atoms with Crippen LogP contribution in [0, 0.1) is 0 Å². The van der Waals surface area contributed by atoms with Gasteiger partial charge in [0.25, 0.3) is 0 Å². The molecule has 0 saturated heterocycles. The number of hydrogen-bond donors (Lipinski definition) is 0. The topological polar surface area (TPSA) is 44.1 Å². The average molecular weight is 445 g/mol. The molecule has 0 aliphatic heterocycles. The number of esters is 1. The van der Waals surface area contributed by atoms with Gasteiger partial charge in [0.2, 0.25) is 0 Å². The fourth-order valence-electron chi connectivity index (χ4n) is 3.94. The fraction of sp³-hybridized carbons (Fsp3) is 0.0667. The van der Waals surface area contributed by atoms with Gasteiger partial charge in [0.15, 0.2) is 0 Å². The molecular formula is C30H24N2O2. The van der Waals surface area contributed by atoms with E-state index in [1.165, 1.54) is 0 Å². The van der Waals surface area contributed by atoms with Crippen molar-refractivity contribution in [2.24, 2.45) is 0 Å². The standard InChI is InChI=1S/C30H24N2O2/c33-30(28-17-13-26(14-18-28)24-9-5-2-6-10-24)34-29(21-32-20-19-31-22-32)27-15-11-25(12-16-27)23-7-3-1-4-8-23/h1-20,22,29H,21H2. The van der Waals surface area contributed by atoms with Gasteiger partial charge in [0, 0.05) is 12.4 Å². The van der Waals surface area contributed by atoms with E-state index in [-0.39, 0.29) is 5.97 Å². The minimum atomic E-state index is -0.444.